The number of halogens is 3. The number of β-amino-alcohol motifs (C(OH)–C–C–N with tert-alkyl or cyclic N) is 1. The number of likely N-dealkylation sites (tertiary alicyclic amines) is 1. The van der Waals surface area contributed by atoms with E-state index in [0.29, 0.717) is 28.9 Å². The summed E-state index contributed by atoms with van der Waals surface area (Å²) in [5, 5.41) is 12.8. The van der Waals surface area contributed by atoms with E-state index >= 15 is 0 Å². The highest BCUT2D eigenvalue weighted by Gasteiger charge is 2.29. The Morgan fingerprint density at radius 2 is 2.03 bits per heavy atom. The summed E-state index contributed by atoms with van der Waals surface area (Å²) in [6.45, 7) is 1.10. The Kier molecular flexibility index (Phi) is 5.80. The number of benzene rings is 1. The summed E-state index contributed by atoms with van der Waals surface area (Å²) in [4.78, 5) is 6.34. The number of thiazole rings is 1. The third kappa shape index (κ3) is 4.91. The molecule has 0 amide bonds. The fourth-order valence-corrected chi connectivity index (χ4v) is 4.34. The Labute approximate surface area is 170 Å². The van der Waals surface area contributed by atoms with Gasteiger partial charge >= 0.3 is 6.18 Å². The summed E-state index contributed by atoms with van der Waals surface area (Å²) >= 11 is 1.46. The molecule has 29 heavy (non-hydrogen) atoms. The Balaban J connectivity index is 1.36. The number of alkyl halides is 3. The molecule has 3 heterocycles. The fourth-order valence-electron chi connectivity index (χ4n) is 3.74. The maximum absolute atomic E-state index is 12.8. The van der Waals surface area contributed by atoms with Gasteiger partial charge in [0.1, 0.15) is 24.5 Å². The van der Waals surface area contributed by atoms with Gasteiger partial charge in [-0.1, -0.05) is 6.07 Å². The molecule has 1 atom stereocenters. The molecular formula is C20H22F3N3O2S. The Bertz CT molecular complexity index is 934. The fraction of sp³-hybridized carbons (Fsp3) is 0.450. The monoisotopic (exact) mass is 425 g/mol. The maximum atomic E-state index is 12.8. The van der Waals surface area contributed by atoms with E-state index in [1.54, 1.807) is 29.8 Å². The Morgan fingerprint density at radius 3 is 2.72 bits per heavy atom. The molecule has 9 heteroatoms. The van der Waals surface area contributed by atoms with Crippen LogP contribution in [-0.4, -0.2) is 51.5 Å². The number of fused-ring (bicyclic) bond motifs is 1. The number of hydrogen-bond acceptors (Lipinski definition) is 5. The number of aliphatic hydroxyl groups is 1. The third-order valence-electron chi connectivity index (χ3n) is 5.18. The third-order valence-corrected chi connectivity index (χ3v) is 5.78. The van der Waals surface area contributed by atoms with Gasteiger partial charge in [0.2, 0.25) is 0 Å². The van der Waals surface area contributed by atoms with E-state index in [9.17, 15) is 18.3 Å². The second-order valence-electron chi connectivity index (χ2n) is 7.29. The second kappa shape index (κ2) is 8.33. The van der Waals surface area contributed by atoms with Crippen molar-refractivity contribution >= 4 is 22.2 Å². The van der Waals surface area contributed by atoms with E-state index in [4.69, 9.17) is 4.74 Å². The first-order valence-corrected chi connectivity index (χ1v) is 10.4. The van der Waals surface area contributed by atoms with Crippen LogP contribution in [0.1, 0.15) is 24.6 Å². The van der Waals surface area contributed by atoms with Gasteiger partial charge in [-0.15, -0.1) is 11.3 Å². The lowest BCUT2D eigenvalue weighted by Gasteiger charge is -2.33. The van der Waals surface area contributed by atoms with Crippen molar-refractivity contribution in [2.24, 2.45) is 0 Å². The molecule has 2 aromatic heterocycles. The van der Waals surface area contributed by atoms with Crippen molar-refractivity contribution in [2.75, 3.05) is 19.6 Å². The van der Waals surface area contributed by atoms with E-state index in [0.717, 1.165) is 25.9 Å². The zero-order valence-electron chi connectivity index (χ0n) is 15.7. The minimum Gasteiger partial charge on any atom is -0.490 e. The molecule has 3 aromatic rings. The topological polar surface area (TPSA) is 50.5 Å². The van der Waals surface area contributed by atoms with E-state index in [1.807, 2.05) is 5.38 Å². The minimum absolute atomic E-state index is 0.000712. The standard InChI is InChI=1S/C20H22F3N3O2S/c21-20(22,23)12-26-9-6-15-17(26)2-1-3-19(15)28-14-4-7-25(8-5-14)10-18(27)16-11-29-13-24-16/h1-3,6,9,11,13-14,18,27H,4-5,7-8,10,12H2. The van der Waals surface area contributed by atoms with Gasteiger partial charge in [-0.3, -0.25) is 0 Å². The number of hydrogen-bond donors (Lipinski definition) is 1. The zero-order valence-corrected chi connectivity index (χ0v) is 16.5. The number of rotatable bonds is 6. The zero-order chi connectivity index (χ0) is 20.4. The summed E-state index contributed by atoms with van der Waals surface area (Å²) in [6, 6.07) is 6.88. The molecule has 0 bridgehead atoms. The van der Waals surface area contributed by atoms with E-state index in [2.05, 4.69) is 9.88 Å². The van der Waals surface area contributed by atoms with Crippen molar-refractivity contribution in [3.8, 4) is 5.75 Å². The van der Waals surface area contributed by atoms with E-state index < -0.39 is 18.8 Å². The van der Waals surface area contributed by atoms with Gasteiger partial charge in [0, 0.05) is 36.6 Å². The summed E-state index contributed by atoms with van der Waals surface area (Å²) < 4.78 is 45.6. The molecule has 1 unspecified atom stereocenters. The largest absolute Gasteiger partial charge is 0.490 e. The lowest BCUT2D eigenvalue weighted by molar-refractivity contribution is -0.139. The molecule has 0 radical (unpaired) electrons. The predicted molar refractivity (Wildman–Crippen MR) is 105 cm³/mol. The SMILES string of the molecule is OC(CN1CCC(Oc2cccc3c2ccn3CC(F)(F)F)CC1)c1cscn1. The molecule has 1 N–H and O–H groups in total. The van der Waals surface area contributed by atoms with Crippen LogP contribution in [0.5, 0.6) is 5.75 Å². The van der Waals surface area contributed by atoms with Gasteiger partial charge in [-0.2, -0.15) is 13.2 Å². The van der Waals surface area contributed by atoms with Crippen LogP contribution in [0, 0.1) is 0 Å². The molecule has 0 saturated carbocycles. The quantitative estimate of drug-likeness (QED) is 0.642. The average Bonchev–Trinajstić information content (AvgIpc) is 3.33. The molecular weight excluding hydrogens is 403 g/mol. The molecule has 1 saturated heterocycles. The molecule has 4 rings (SSSR count). The number of piperidine rings is 1. The smallest absolute Gasteiger partial charge is 0.406 e. The van der Waals surface area contributed by atoms with Crippen LogP contribution in [0.2, 0.25) is 0 Å². The van der Waals surface area contributed by atoms with Gasteiger partial charge in [0.15, 0.2) is 0 Å². The van der Waals surface area contributed by atoms with Crippen LogP contribution in [0.15, 0.2) is 41.4 Å². The Morgan fingerprint density at radius 1 is 1.24 bits per heavy atom. The number of aliphatic hydroxyl groups excluding tert-OH is 1. The van der Waals surface area contributed by atoms with Crippen LogP contribution >= 0.6 is 11.3 Å². The lowest BCUT2D eigenvalue weighted by atomic mass is 10.1. The molecule has 0 spiro atoms. The Hall–Kier alpha value is -2.10. The summed E-state index contributed by atoms with van der Waals surface area (Å²) in [5.41, 5.74) is 2.92. The van der Waals surface area contributed by atoms with Crippen molar-refractivity contribution in [1.82, 2.24) is 14.5 Å². The van der Waals surface area contributed by atoms with Crippen LogP contribution < -0.4 is 4.74 Å². The summed E-state index contributed by atoms with van der Waals surface area (Å²) in [6.07, 6.45) is -1.82. The van der Waals surface area contributed by atoms with Crippen molar-refractivity contribution in [2.45, 2.75) is 37.8 Å². The maximum Gasteiger partial charge on any atom is 0.406 e. The lowest BCUT2D eigenvalue weighted by Crippen LogP contribution is -2.40. The highest BCUT2D eigenvalue weighted by molar-refractivity contribution is 7.07. The first kappa shape index (κ1) is 20.2. The van der Waals surface area contributed by atoms with Crippen molar-refractivity contribution in [3.05, 3.63) is 47.0 Å². The van der Waals surface area contributed by atoms with Crippen molar-refractivity contribution in [1.29, 1.82) is 0 Å². The molecule has 1 aromatic carbocycles. The highest BCUT2D eigenvalue weighted by Crippen LogP contribution is 2.31. The van der Waals surface area contributed by atoms with Crippen molar-refractivity contribution in [3.63, 3.8) is 0 Å². The van der Waals surface area contributed by atoms with E-state index in [1.165, 1.54) is 22.1 Å². The molecule has 1 aliphatic rings. The van der Waals surface area contributed by atoms with Crippen LogP contribution in [-0.2, 0) is 6.54 Å². The summed E-state index contributed by atoms with van der Waals surface area (Å²) in [5.74, 6) is 0.615. The van der Waals surface area contributed by atoms with Crippen LogP contribution in [0.25, 0.3) is 10.9 Å². The second-order valence-corrected chi connectivity index (χ2v) is 8.01. The first-order chi connectivity index (χ1) is 13.9. The highest BCUT2D eigenvalue weighted by atomic mass is 32.1. The van der Waals surface area contributed by atoms with Gasteiger partial charge in [-0.25, -0.2) is 4.98 Å². The van der Waals surface area contributed by atoms with Crippen LogP contribution in [0.3, 0.4) is 0 Å². The molecule has 0 aliphatic carbocycles. The number of ether oxygens (including phenoxy) is 1. The normalized spacial score (nSPS) is 17.7. The van der Waals surface area contributed by atoms with E-state index in [-0.39, 0.29) is 6.10 Å². The number of nitrogens with zero attached hydrogens (tertiary/aromatic N) is 3. The van der Waals surface area contributed by atoms with Gasteiger partial charge in [-0.05, 0) is 31.0 Å². The molecule has 5 nitrogen and oxygen atoms in total. The average molecular weight is 425 g/mol. The van der Waals surface area contributed by atoms with Gasteiger partial charge in [0.25, 0.3) is 0 Å². The molecule has 1 fully saturated rings. The predicted octanol–water partition coefficient (Wildman–Crippen LogP) is 4.24. The number of aromatic nitrogens is 2. The summed E-state index contributed by atoms with van der Waals surface area (Å²) in [7, 11) is 0. The molecule has 1 aliphatic heterocycles. The van der Waals surface area contributed by atoms with Crippen molar-refractivity contribution < 1.29 is 23.0 Å². The van der Waals surface area contributed by atoms with Gasteiger partial charge < -0.3 is 19.3 Å². The van der Waals surface area contributed by atoms with Gasteiger partial charge in [0.05, 0.1) is 16.7 Å². The van der Waals surface area contributed by atoms with Crippen LogP contribution in [0.4, 0.5) is 13.2 Å². The first-order valence-electron chi connectivity index (χ1n) is 9.49. The minimum atomic E-state index is -4.27. The molecule has 156 valence electrons.